The van der Waals surface area contributed by atoms with Crippen molar-refractivity contribution in [2.24, 2.45) is 5.92 Å². The molecule has 0 radical (unpaired) electrons. The Labute approximate surface area is 91.3 Å². The first-order valence-electron chi connectivity index (χ1n) is 5.75. The topological polar surface area (TPSA) is 37.8 Å². The van der Waals surface area contributed by atoms with Crippen molar-refractivity contribution < 1.29 is 0 Å². The van der Waals surface area contributed by atoms with Crippen LogP contribution in [0.3, 0.4) is 0 Å². The van der Waals surface area contributed by atoms with Crippen molar-refractivity contribution in [3.8, 4) is 0 Å². The Balaban J connectivity index is 2.06. The van der Waals surface area contributed by atoms with Crippen LogP contribution in [0.1, 0.15) is 29.8 Å². The van der Waals surface area contributed by atoms with Crippen molar-refractivity contribution in [2.45, 2.75) is 33.1 Å². The fourth-order valence-electron chi connectivity index (χ4n) is 2.15. The summed E-state index contributed by atoms with van der Waals surface area (Å²) in [5.74, 6) is 0.805. The minimum Gasteiger partial charge on any atom is -0.317 e. The minimum absolute atomic E-state index is 0.805. The minimum atomic E-state index is 0.805. The Kier molecular flexibility index (Phi) is 3.31. The van der Waals surface area contributed by atoms with Crippen LogP contribution < -0.4 is 5.32 Å². The zero-order chi connectivity index (χ0) is 10.7. The van der Waals surface area contributed by atoms with E-state index in [9.17, 15) is 0 Å². The zero-order valence-corrected chi connectivity index (χ0v) is 9.58. The molecule has 0 unspecified atom stereocenters. The highest BCUT2D eigenvalue weighted by atomic mass is 14.9. The van der Waals surface area contributed by atoms with E-state index in [1.807, 2.05) is 0 Å². The van der Waals surface area contributed by atoms with Crippen molar-refractivity contribution in [2.75, 3.05) is 13.1 Å². The molecular weight excluding hydrogens is 186 g/mol. The van der Waals surface area contributed by atoms with E-state index in [2.05, 4.69) is 29.1 Å². The molecule has 0 spiro atoms. The molecule has 3 heteroatoms. The fourth-order valence-corrected chi connectivity index (χ4v) is 2.15. The van der Waals surface area contributed by atoms with Crippen molar-refractivity contribution in [3.05, 3.63) is 23.3 Å². The highest BCUT2D eigenvalue weighted by molar-refractivity contribution is 5.22. The summed E-state index contributed by atoms with van der Waals surface area (Å²) < 4.78 is 0. The lowest BCUT2D eigenvalue weighted by molar-refractivity contribution is 0.369. The van der Waals surface area contributed by atoms with E-state index < -0.39 is 0 Å². The summed E-state index contributed by atoms with van der Waals surface area (Å²) >= 11 is 0. The molecule has 2 heterocycles. The molecule has 1 aliphatic heterocycles. The lowest BCUT2D eigenvalue weighted by Gasteiger charge is -2.22. The number of aromatic nitrogens is 2. The molecule has 1 aliphatic rings. The second kappa shape index (κ2) is 4.71. The highest BCUT2D eigenvalue weighted by Crippen LogP contribution is 2.19. The molecule has 82 valence electrons. The number of hydrogen-bond acceptors (Lipinski definition) is 3. The second-order valence-corrected chi connectivity index (χ2v) is 4.43. The first-order valence-corrected chi connectivity index (χ1v) is 5.75. The van der Waals surface area contributed by atoms with Gasteiger partial charge in [0.1, 0.15) is 6.33 Å². The number of piperidine rings is 1. The molecule has 1 N–H and O–H groups in total. The number of nitrogens with zero attached hydrogens (tertiary/aromatic N) is 2. The van der Waals surface area contributed by atoms with Gasteiger partial charge in [-0.3, -0.25) is 0 Å². The lowest BCUT2D eigenvalue weighted by Crippen LogP contribution is -2.29. The molecule has 0 atom stereocenters. The number of nitrogens with one attached hydrogen (secondary N) is 1. The summed E-state index contributed by atoms with van der Waals surface area (Å²) in [7, 11) is 0. The third kappa shape index (κ3) is 2.53. The molecule has 0 aromatic carbocycles. The molecule has 1 fully saturated rings. The molecule has 0 amide bonds. The van der Waals surface area contributed by atoms with Crippen LogP contribution >= 0.6 is 0 Å². The summed E-state index contributed by atoms with van der Waals surface area (Å²) in [4.78, 5) is 8.61. The second-order valence-electron chi connectivity index (χ2n) is 4.43. The highest BCUT2D eigenvalue weighted by Gasteiger charge is 2.15. The molecule has 15 heavy (non-hydrogen) atoms. The molecule has 2 rings (SSSR count). The molecule has 1 saturated heterocycles. The monoisotopic (exact) mass is 205 g/mol. The van der Waals surface area contributed by atoms with Crippen LogP contribution in [-0.2, 0) is 6.42 Å². The smallest absolute Gasteiger partial charge is 0.115 e. The third-order valence-electron chi connectivity index (χ3n) is 3.38. The van der Waals surface area contributed by atoms with Gasteiger partial charge in [-0.2, -0.15) is 0 Å². The van der Waals surface area contributed by atoms with Crippen molar-refractivity contribution in [1.82, 2.24) is 15.3 Å². The predicted molar refractivity (Wildman–Crippen MR) is 60.8 cm³/mol. The molecule has 1 aromatic rings. The zero-order valence-electron chi connectivity index (χ0n) is 9.58. The maximum Gasteiger partial charge on any atom is 0.115 e. The van der Waals surface area contributed by atoms with Gasteiger partial charge in [0, 0.05) is 11.4 Å². The van der Waals surface area contributed by atoms with Crippen LogP contribution in [0.15, 0.2) is 6.33 Å². The van der Waals surface area contributed by atoms with E-state index >= 15 is 0 Å². The Bertz CT molecular complexity index is 330. The van der Waals surface area contributed by atoms with E-state index in [0.717, 1.165) is 31.1 Å². The first-order chi connectivity index (χ1) is 7.27. The fraction of sp³-hybridized carbons (Fsp3) is 0.667. The molecule has 3 nitrogen and oxygen atoms in total. The quantitative estimate of drug-likeness (QED) is 0.797. The van der Waals surface area contributed by atoms with Gasteiger partial charge >= 0.3 is 0 Å². The number of aryl methyl sites for hydroxylation is 1. The van der Waals surface area contributed by atoms with E-state index in [1.54, 1.807) is 6.33 Å². The largest absolute Gasteiger partial charge is 0.317 e. The third-order valence-corrected chi connectivity index (χ3v) is 3.38. The molecule has 1 aromatic heterocycles. The normalized spacial score (nSPS) is 18.0. The summed E-state index contributed by atoms with van der Waals surface area (Å²) in [6, 6.07) is 0. The van der Waals surface area contributed by atoms with Gasteiger partial charge in [0.15, 0.2) is 0 Å². The van der Waals surface area contributed by atoms with Gasteiger partial charge < -0.3 is 5.32 Å². The number of hydrogen-bond donors (Lipinski definition) is 1. The Morgan fingerprint density at radius 1 is 1.27 bits per heavy atom. The van der Waals surface area contributed by atoms with Gasteiger partial charge in [0.05, 0.1) is 0 Å². The molecular formula is C12H19N3. The van der Waals surface area contributed by atoms with Crippen molar-refractivity contribution >= 4 is 0 Å². The SMILES string of the molecule is Cc1ncnc(CC2CCNCC2)c1C. The van der Waals surface area contributed by atoms with E-state index in [4.69, 9.17) is 0 Å². The van der Waals surface area contributed by atoms with Crippen LogP contribution in [-0.4, -0.2) is 23.1 Å². The van der Waals surface area contributed by atoms with Gasteiger partial charge in [0.2, 0.25) is 0 Å². The van der Waals surface area contributed by atoms with Crippen LogP contribution in [0, 0.1) is 19.8 Å². The molecule has 0 saturated carbocycles. The van der Waals surface area contributed by atoms with Crippen molar-refractivity contribution in [1.29, 1.82) is 0 Å². The van der Waals surface area contributed by atoms with E-state index in [1.165, 1.54) is 24.1 Å². The summed E-state index contributed by atoms with van der Waals surface area (Å²) in [5, 5.41) is 3.39. The summed E-state index contributed by atoms with van der Waals surface area (Å²) in [5.41, 5.74) is 3.64. The van der Waals surface area contributed by atoms with Gasteiger partial charge in [0.25, 0.3) is 0 Å². The Hall–Kier alpha value is -0.960. The summed E-state index contributed by atoms with van der Waals surface area (Å²) in [6.45, 7) is 6.51. The standard InChI is InChI=1S/C12H19N3/c1-9-10(2)14-8-15-12(9)7-11-3-5-13-6-4-11/h8,11,13H,3-7H2,1-2H3. The van der Waals surface area contributed by atoms with Gasteiger partial charge in [-0.25, -0.2) is 9.97 Å². The predicted octanol–water partition coefficient (Wildman–Crippen LogP) is 1.64. The van der Waals surface area contributed by atoms with Crippen molar-refractivity contribution in [3.63, 3.8) is 0 Å². The number of rotatable bonds is 2. The van der Waals surface area contributed by atoms with Gasteiger partial charge in [-0.1, -0.05) is 0 Å². The average molecular weight is 205 g/mol. The van der Waals surface area contributed by atoms with E-state index in [-0.39, 0.29) is 0 Å². The van der Waals surface area contributed by atoms with Crippen LogP contribution in [0.4, 0.5) is 0 Å². The Morgan fingerprint density at radius 2 is 2.00 bits per heavy atom. The maximum atomic E-state index is 4.40. The van der Waals surface area contributed by atoms with E-state index in [0.29, 0.717) is 0 Å². The Morgan fingerprint density at radius 3 is 2.73 bits per heavy atom. The van der Waals surface area contributed by atoms with Crippen LogP contribution in [0.2, 0.25) is 0 Å². The average Bonchev–Trinajstić information content (AvgIpc) is 2.26. The molecule has 0 bridgehead atoms. The van der Waals surface area contributed by atoms with Gasteiger partial charge in [-0.15, -0.1) is 0 Å². The first kappa shape index (κ1) is 10.6. The van der Waals surface area contributed by atoms with Gasteiger partial charge in [-0.05, 0) is 57.7 Å². The lowest BCUT2D eigenvalue weighted by atomic mass is 9.91. The van der Waals surface area contributed by atoms with Crippen LogP contribution in [0.25, 0.3) is 0 Å². The molecule has 0 aliphatic carbocycles. The summed E-state index contributed by atoms with van der Waals surface area (Å²) in [6.07, 6.45) is 5.38. The van der Waals surface area contributed by atoms with Crippen LogP contribution in [0.5, 0.6) is 0 Å². The maximum absolute atomic E-state index is 4.40.